The number of likely N-dealkylation sites (tertiary alicyclic amines) is 1. The highest BCUT2D eigenvalue weighted by Gasteiger charge is 2.32. The first-order valence-corrected chi connectivity index (χ1v) is 9.98. The lowest BCUT2D eigenvalue weighted by Gasteiger charge is -2.32. The molecule has 1 aliphatic rings. The molecule has 4 rings (SSSR count). The van der Waals surface area contributed by atoms with E-state index in [9.17, 15) is 18.0 Å². The third-order valence-electron chi connectivity index (χ3n) is 5.53. The van der Waals surface area contributed by atoms with E-state index in [4.69, 9.17) is 10.5 Å². The fraction of sp³-hybridized carbons (Fsp3) is 0.318. The number of aromatic nitrogens is 2. The number of amides is 1. The van der Waals surface area contributed by atoms with E-state index in [-0.39, 0.29) is 23.1 Å². The average molecular weight is 446 g/mol. The quantitative estimate of drug-likeness (QED) is 0.606. The van der Waals surface area contributed by atoms with Crippen LogP contribution in [-0.4, -0.2) is 47.3 Å². The summed E-state index contributed by atoms with van der Waals surface area (Å²) < 4.78 is 46.2. The number of hydrogen-bond acceptors (Lipinski definition) is 6. The number of anilines is 1. The van der Waals surface area contributed by atoms with E-state index in [1.807, 2.05) is 18.2 Å². The molecule has 7 nitrogen and oxygen atoms in total. The Balaban J connectivity index is 1.46. The first-order valence-electron chi connectivity index (χ1n) is 9.98. The molecular weight excluding hydrogens is 425 g/mol. The van der Waals surface area contributed by atoms with E-state index >= 15 is 0 Å². The zero-order chi connectivity index (χ0) is 22.9. The van der Waals surface area contributed by atoms with E-state index in [0.717, 1.165) is 28.7 Å². The zero-order valence-corrected chi connectivity index (χ0v) is 17.2. The molecule has 168 valence electrons. The van der Waals surface area contributed by atoms with Crippen LogP contribution in [0.25, 0.3) is 10.9 Å². The molecule has 0 unspecified atom stereocenters. The smallest absolute Gasteiger partial charge is 0.497 e. The van der Waals surface area contributed by atoms with Gasteiger partial charge >= 0.3 is 6.36 Å². The van der Waals surface area contributed by atoms with Crippen molar-refractivity contribution in [1.82, 2.24) is 14.9 Å². The molecule has 0 aliphatic carbocycles. The summed E-state index contributed by atoms with van der Waals surface area (Å²) in [4.78, 5) is 23.3. The number of carbonyl (C=O) groups is 1. The van der Waals surface area contributed by atoms with Crippen LogP contribution >= 0.6 is 0 Å². The molecule has 0 atom stereocenters. The van der Waals surface area contributed by atoms with Gasteiger partial charge in [0.05, 0.1) is 23.9 Å². The van der Waals surface area contributed by atoms with Gasteiger partial charge in [0.15, 0.2) is 0 Å². The third-order valence-corrected chi connectivity index (χ3v) is 5.53. The molecule has 1 amide bonds. The lowest BCUT2D eigenvalue weighted by molar-refractivity contribution is -0.274. The number of fused-ring (bicyclic) bond motifs is 1. The Morgan fingerprint density at radius 1 is 1.09 bits per heavy atom. The highest BCUT2D eigenvalue weighted by Crippen LogP contribution is 2.33. The summed E-state index contributed by atoms with van der Waals surface area (Å²) in [5.41, 5.74) is 7.64. The third kappa shape index (κ3) is 4.53. The highest BCUT2D eigenvalue weighted by molar-refractivity contribution is 5.99. The van der Waals surface area contributed by atoms with Gasteiger partial charge in [-0.15, -0.1) is 13.2 Å². The van der Waals surface area contributed by atoms with Crippen molar-refractivity contribution in [2.75, 3.05) is 25.9 Å². The molecule has 1 fully saturated rings. The molecular formula is C22H21F3N4O3. The Bertz CT molecular complexity index is 1140. The van der Waals surface area contributed by atoms with E-state index in [2.05, 4.69) is 14.7 Å². The van der Waals surface area contributed by atoms with Crippen molar-refractivity contribution < 1.29 is 27.4 Å². The van der Waals surface area contributed by atoms with Crippen LogP contribution in [0.1, 0.15) is 34.8 Å². The van der Waals surface area contributed by atoms with Gasteiger partial charge in [0.25, 0.3) is 5.91 Å². The molecule has 0 bridgehead atoms. The molecule has 1 aliphatic heterocycles. The normalized spacial score (nSPS) is 15.1. The maximum absolute atomic E-state index is 12.9. The maximum atomic E-state index is 12.9. The SMILES string of the molecule is COc1ccc2c(C3CCN(C(=O)c4ccc(OC(F)(F)F)cc4N)CC3)ncnc2c1. The fourth-order valence-electron chi connectivity index (χ4n) is 3.97. The van der Waals surface area contributed by atoms with Crippen LogP contribution in [0.3, 0.4) is 0 Å². The van der Waals surface area contributed by atoms with Gasteiger partial charge in [0.1, 0.15) is 17.8 Å². The molecule has 2 heterocycles. The van der Waals surface area contributed by atoms with Crippen molar-refractivity contribution in [1.29, 1.82) is 0 Å². The van der Waals surface area contributed by atoms with Crippen LogP contribution in [0.15, 0.2) is 42.7 Å². The van der Waals surface area contributed by atoms with Gasteiger partial charge in [-0.05, 0) is 37.1 Å². The predicted octanol–water partition coefficient (Wildman–Crippen LogP) is 4.14. The number of nitrogen functional groups attached to an aromatic ring is 1. The molecule has 1 saturated heterocycles. The summed E-state index contributed by atoms with van der Waals surface area (Å²) in [5, 5.41) is 0.947. The number of carbonyl (C=O) groups excluding carboxylic acids is 1. The lowest BCUT2D eigenvalue weighted by atomic mass is 9.90. The lowest BCUT2D eigenvalue weighted by Crippen LogP contribution is -2.38. The highest BCUT2D eigenvalue weighted by atomic mass is 19.4. The van der Waals surface area contributed by atoms with Crippen molar-refractivity contribution >= 4 is 22.5 Å². The van der Waals surface area contributed by atoms with Crippen molar-refractivity contribution in [3.05, 3.63) is 54.0 Å². The Kier molecular flexibility index (Phi) is 5.77. The molecule has 10 heteroatoms. The van der Waals surface area contributed by atoms with E-state index in [1.165, 1.54) is 12.4 Å². The first-order chi connectivity index (χ1) is 15.2. The molecule has 3 aromatic rings. The second-order valence-corrected chi connectivity index (χ2v) is 7.51. The Labute approximate surface area is 182 Å². The standard InChI is InChI=1S/C22H21F3N4O3/c1-31-14-2-5-17-19(11-14)27-12-28-20(17)13-6-8-29(9-7-13)21(30)16-4-3-15(10-18(16)26)32-22(23,24)25/h2-5,10-13H,6-9,26H2,1H3. The van der Waals surface area contributed by atoms with Gasteiger partial charge in [0, 0.05) is 42.2 Å². The summed E-state index contributed by atoms with van der Waals surface area (Å²) in [7, 11) is 1.60. The summed E-state index contributed by atoms with van der Waals surface area (Å²) >= 11 is 0. The number of hydrogen-bond donors (Lipinski definition) is 1. The van der Waals surface area contributed by atoms with Crippen molar-refractivity contribution in [3.63, 3.8) is 0 Å². The van der Waals surface area contributed by atoms with Gasteiger partial charge in [-0.3, -0.25) is 4.79 Å². The van der Waals surface area contributed by atoms with E-state index < -0.39 is 12.1 Å². The summed E-state index contributed by atoms with van der Waals surface area (Å²) in [6.45, 7) is 0.955. The van der Waals surface area contributed by atoms with Gasteiger partial charge < -0.3 is 20.1 Å². The molecule has 0 radical (unpaired) electrons. The molecule has 2 N–H and O–H groups in total. The topological polar surface area (TPSA) is 90.6 Å². The summed E-state index contributed by atoms with van der Waals surface area (Å²) in [6.07, 6.45) is -1.91. The van der Waals surface area contributed by atoms with Crippen molar-refractivity contribution in [3.8, 4) is 11.5 Å². The number of benzene rings is 2. The van der Waals surface area contributed by atoms with Crippen LogP contribution < -0.4 is 15.2 Å². The molecule has 0 saturated carbocycles. The van der Waals surface area contributed by atoms with Crippen LogP contribution in [0.4, 0.5) is 18.9 Å². The fourth-order valence-corrected chi connectivity index (χ4v) is 3.97. The number of piperidine rings is 1. The molecule has 0 spiro atoms. The number of halogens is 3. The second-order valence-electron chi connectivity index (χ2n) is 7.51. The maximum Gasteiger partial charge on any atom is 0.573 e. The van der Waals surface area contributed by atoms with Gasteiger partial charge in [-0.25, -0.2) is 9.97 Å². The van der Waals surface area contributed by atoms with Gasteiger partial charge in [0.2, 0.25) is 0 Å². The van der Waals surface area contributed by atoms with Crippen LogP contribution in [0, 0.1) is 0 Å². The number of ether oxygens (including phenoxy) is 2. The van der Waals surface area contributed by atoms with Gasteiger partial charge in [-0.1, -0.05) is 0 Å². The van der Waals surface area contributed by atoms with E-state index in [1.54, 1.807) is 12.0 Å². The largest absolute Gasteiger partial charge is 0.573 e. The number of rotatable bonds is 4. The van der Waals surface area contributed by atoms with Gasteiger partial charge in [-0.2, -0.15) is 0 Å². The summed E-state index contributed by atoms with van der Waals surface area (Å²) in [5.74, 6) is 0.0824. The predicted molar refractivity (Wildman–Crippen MR) is 112 cm³/mol. The zero-order valence-electron chi connectivity index (χ0n) is 17.2. The monoisotopic (exact) mass is 446 g/mol. The molecule has 2 aromatic carbocycles. The Morgan fingerprint density at radius 2 is 1.81 bits per heavy atom. The van der Waals surface area contributed by atoms with Crippen LogP contribution in [0.2, 0.25) is 0 Å². The molecule has 32 heavy (non-hydrogen) atoms. The number of nitrogens with two attached hydrogens (primary N) is 1. The first kappa shape index (κ1) is 21.7. The summed E-state index contributed by atoms with van der Waals surface area (Å²) in [6, 6.07) is 9.01. The second kappa shape index (κ2) is 8.52. The molecule has 1 aromatic heterocycles. The minimum absolute atomic E-state index is 0.0605. The minimum Gasteiger partial charge on any atom is -0.497 e. The number of nitrogens with zero attached hydrogens (tertiary/aromatic N) is 3. The van der Waals surface area contributed by atoms with Crippen LogP contribution in [0.5, 0.6) is 11.5 Å². The minimum atomic E-state index is -4.82. The Hall–Kier alpha value is -3.56. The average Bonchev–Trinajstić information content (AvgIpc) is 2.77. The van der Waals surface area contributed by atoms with E-state index in [0.29, 0.717) is 31.7 Å². The number of methoxy groups -OCH3 is 1. The van der Waals surface area contributed by atoms with Crippen molar-refractivity contribution in [2.45, 2.75) is 25.1 Å². The number of alkyl halides is 3. The van der Waals surface area contributed by atoms with Crippen LogP contribution in [-0.2, 0) is 0 Å². The Morgan fingerprint density at radius 3 is 2.47 bits per heavy atom. The van der Waals surface area contributed by atoms with Crippen molar-refractivity contribution in [2.24, 2.45) is 0 Å².